The predicted molar refractivity (Wildman–Crippen MR) is 78.3 cm³/mol. The van der Waals surface area contributed by atoms with Crippen LogP contribution in [0.2, 0.25) is 5.02 Å². The molecular formula is C15H12ClN3. The fraction of sp³-hybridized carbons (Fsp3) is 0. The summed E-state index contributed by atoms with van der Waals surface area (Å²) in [5, 5.41) is 8.22. The second kappa shape index (κ2) is 5.16. The van der Waals surface area contributed by atoms with Gasteiger partial charge in [-0.2, -0.15) is 5.10 Å². The molecule has 0 aliphatic heterocycles. The average Bonchev–Trinajstić information content (AvgIpc) is 2.96. The Balaban J connectivity index is 1.90. The minimum absolute atomic E-state index is 0.701. The maximum absolute atomic E-state index is 6.13. The second-order valence-corrected chi connectivity index (χ2v) is 4.51. The molecule has 94 valence electrons. The average molecular weight is 270 g/mol. The van der Waals surface area contributed by atoms with Gasteiger partial charge >= 0.3 is 0 Å². The molecule has 4 heteroatoms. The summed E-state index contributed by atoms with van der Waals surface area (Å²) in [6, 6.07) is 17.6. The van der Waals surface area contributed by atoms with Crippen LogP contribution < -0.4 is 5.32 Å². The standard InChI is InChI=1S/C15H12ClN3/c16-14-7-1-2-8-15(14)18-12-5-3-6-13(11-12)19-10-4-9-17-19/h1-11,18H. The van der Waals surface area contributed by atoms with Crippen molar-refractivity contribution in [1.29, 1.82) is 0 Å². The summed E-state index contributed by atoms with van der Waals surface area (Å²) >= 11 is 6.13. The lowest BCUT2D eigenvalue weighted by atomic mass is 10.2. The van der Waals surface area contributed by atoms with Gasteiger partial charge in [0.15, 0.2) is 0 Å². The van der Waals surface area contributed by atoms with E-state index < -0.39 is 0 Å². The summed E-state index contributed by atoms with van der Waals surface area (Å²) in [4.78, 5) is 0. The number of para-hydroxylation sites is 1. The normalized spacial score (nSPS) is 10.4. The van der Waals surface area contributed by atoms with E-state index in [-0.39, 0.29) is 0 Å². The first-order chi connectivity index (χ1) is 9.33. The molecule has 2 aromatic carbocycles. The van der Waals surface area contributed by atoms with Gasteiger partial charge in [0.1, 0.15) is 0 Å². The van der Waals surface area contributed by atoms with Crippen LogP contribution >= 0.6 is 11.6 Å². The van der Waals surface area contributed by atoms with E-state index in [1.807, 2.05) is 65.5 Å². The van der Waals surface area contributed by atoms with Crippen LogP contribution in [0, 0.1) is 0 Å². The molecule has 1 N–H and O–H groups in total. The topological polar surface area (TPSA) is 29.9 Å². The molecule has 0 fully saturated rings. The zero-order valence-corrected chi connectivity index (χ0v) is 10.9. The van der Waals surface area contributed by atoms with Crippen LogP contribution in [0.15, 0.2) is 67.0 Å². The number of hydrogen-bond donors (Lipinski definition) is 1. The van der Waals surface area contributed by atoms with Crippen LogP contribution in [-0.4, -0.2) is 9.78 Å². The quantitative estimate of drug-likeness (QED) is 0.769. The lowest BCUT2D eigenvalue weighted by Crippen LogP contribution is -1.96. The van der Waals surface area contributed by atoms with Gasteiger partial charge in [-0.25, -0.2) is 4.68 Å². The molecular weight excluding hydrogens is 258 g/mol. The summed E-state index contributed by atoms with van der Waals surface area (Å²) in [6.07, 6.45) is 3.67. The van der Waals surface area contributed by atoms with Crippen molar-refractivity contribution in [3.63, 3.8) is 0 Å². The molecule has 0 saturated carbocycles. The van der Waals surface area contributed by atoms with Crippen LogP contribution in [0.25, 0.3) is 5.69 Å². The maximum atomic E-state index is 6.13. The molecule has 3 nitrogen and oxygen atoms in total. The highest BCUT2D eigenvalue weighted by Crippen LogP contribution is 2.25. The van der Waals surface area contributed by atoms with Gasteiger partial charge < -0.3 is 5.32 Å². The molecule has 19 heavy (non-hydrogen) atoms. The van der Waals surface area contributed by atoms with Gasteiger partial charge in [0.2, 0.25) is 0 Å². The van der Waals surface area contributed by atoms with E-state index in [0.717, 1.165) is 17.1 Å². The Morgan fingerprint density at radius 1 is 1.00 bits per heavy atom. The number of anilines is 2. The van der Waals surface area contributed by atoms with Crippen molar-refractivity contribution < 1.29 is 0 Å². The number of benzene rings is 2. The van der Waals surface area contributed by atoms with Crippen LogP contribution in [0.1, 0.15) is 0 Å². The summed E-state index contributed by atoms with van der Waals surface area (Å²) in [5.74, 6) is 0. The van der Waals surface area contributed by atoms with E-state index in [4.69, 9.17) is 11.6 Å². The molecule has 3 aromatic rings. The van der Waals surface area contributed by atoms with Crippen molar-refractivity contribution >= 4 is 23.0 Å². The van der Waals surface area contributed by atoms with Crippen molar-refractivity contribution in [2.45, 2.75) is 0 Å². The maximum Gasteiger partial charge on any atom is 0.0666 e. The Labute approximate surface area is 116 Å². The predicted octanol–water partition coefficient (Wildman–Crippen LogP) is 4.27. The molecule has 3 rings (SSSR count). The zero-order valence-electron chi connectivity index (χ0n) is 10.1. The summed E-state index contributed by atoms with van der Waals surface area (Å²) < 4.78 is 1.82. The Kier molecular flexibility index (Phi) is 3.21. The van der Waals surface area contributed by atoms with Gasteiger partial charge in [-0.3, -0.25) is 0 Å². The minimum atomic E-state index is 0.701. The van der Waals surface area contributed by atoms with Crippen molar-refractivity contribution in [2.24, 2.45) is 0 Å². The zero-order chi connectivity index (χ0) is 13.1. The van der Waals surface area contributed by atoms with Gasteiger partial charge in [0.25, 0.3) is 0 Å². The summed E-state index contributed by atoms with van der Waals surface area (Å²) in [5.41, 5.74) is 2.87. The third kappa shape index (κ3) is 2.61. The Morgan fingerprint density at radius 2 is 1.89 bits per heavy atom. The highest BCUT2D eigenvalue weighted by molar-refractivity contribution is 6.33. The summed E-state index contributed by atoms with van der Waals surface area (Å²) in [6.45, 7) is 0. The molecule has 1 aromatic heterocycles. The fourth-order valence-electron chi connectivity index (χ4n) is 1.87. The summed E-state index contributed by atoms with van der Waals surface area (Å²) in [7, 11) is 0. The van der Waals surface area contributed by atoms with Gasteiger partial charge in [-0.1, -0.05) is 29.8 Å². The second-order valence-electron chi connectivity index (χ2n) is 4.11. The van der Waals surface area contributed by atoms with E-state index in [1.165, 1.54) is 0 Å². The Hall–Kier alpha value is -2.26. The number of hydrogen-bond acceptors (Lipinski definition) is 2. The van der Waals surface area contributed by atoms with Crippen molar-refractivity contribution in [1.82, 2.24) is 9.78 Å². The van der Waals surface area contributed by atoms with Gasteiger partial charge in [-0.15, -0.1) is 0 Å². The third-order valence-corrected chi connectivity index (χ3v) is 3.10. The van der Waals surface area contributed by atoms with E-state index in [2.05, 4.69) is 10.4 Å². The van der Waals surface area contributed by atoms with Gasteiger partial charge in [0, 0.05) is 18.1 Å². The highest BCUT2D eigenvalue weighted by atomic mass is 35.5. The highest BCUT2D eigenvalue weighted by Gasteiger charge is 2.01. The molecule has 0 radical (unpaired) electrons. The van der Waals surface area contributed by atoms with E-state index in [9.17, 15) is 0 Å². The van der Waals surface area contributed by atoms with Crippen LogP contribution in [0.5, 0.6) is 0 Å². The van der Waals surface area contributed by atoms with Crippen LogP contribution in [0.3, 0.4) is 0 Å². The monoisotopic (exact) mass is 269 g/mol. The number of rotatable bonds is 3. The van der Waals surface area contributed by atoms with Crippen molar-refractivity contribution in [2.75, 3.05) is 5.32 Å². The lowest BCUT2D eigenvalue weighted by molar-refractivity contribution is 0.881. The smallest absolute Gasteiger partial charge is 0.0666 e. The molecule has 1 heterocycles. The molecule has 0 unspecified atom stereocenters. The number of nitrogens with one attached hydrogen (secondary N) is 1. The van der Waals surface area contributed by atoms with Crippen LogP contribution in [-0.2, 0) is 0 Å². The molecule has 0 aliphatic rings. The number of nitrogens with zero attached hydrogens (tertiary/aromatic N) is 2. The van der Waals surface area contributed by atoms with Crippen LogP contribution in [0.4, 0.5) is 11.4 Å². The lowest BCUT2D eigenvalue weighted by Gasteiger charge is -2.09. The Morgan fingerprint density at radius 3 is 2.68 bits per heavy atom. The minimum Gasteiger partial charge on any atom is -0.354 e. The molecule has 0 saturated heterocycles. The van der Waals surface area contributed by atoms with Gasteiger partial charge in [-0.05, 0) is 36.4 Å². The van der Waals surface area contributed by atoms with Gasteiger partial charge in [0.05, 0.1) is 16.4 Å². The number of halogens is 1. The number of aromatic nitrogens is 2. The first-order valence-electron chi connectivity index (χ1n) is 5.94. The SMILES string of the molecule is Clc1ccccc1Nc1cccc(-n2cccn2)c1. The van der Waals surface area contributed by atoms with Crippen molar-refractivity contribution in [3.8, 4) is 5.69 Å². The molecule has 0 amide bonds. The van der Waals surface area contributed by atoms with E-state index in [1.54, 1.807) is 6.20 Å². The fourth-order valence-corrected chi connectivity index (χ4v) is 2.05. The Bertz CT molecular complexity index is 677. The van der Waals surface area contributed by atoms with E-state index in [0.29, 0.717) is 5.02 Å². The molecule has 0 spiro atoms. The first-order valence-corrected chi connectivity index (χ1v) is 6.32. The molecule has 0 bridgehead atoms. The van der Waals surface area contributed by atoms with Crippen molar-refractivity contribution in [3.05, 3.63) is 72.0 Å². The van der Waals surface area contributed by atoms with E-state index >= 15 is 0 Å². The largest absolute Gasteiger partial charge is 0.354 e. The third-order valence-electron chi connectivity index (χ3n) is 2.77. The first kappa shape index (κ1) is 11.8. The molecule has 0 atom stereocenters. The molecule has 0 aliphatic carbocycles.